The maximum Gasteiger partial charge on any atom is 0.240 e. The highest BCUT2D eigenvalue weighted by Crippen LogP contribution is 2.22. The van der Waals surface area contributed by atoms with Gasteiger partial charge in [0, 0.05) is 11.9 Å². The zero-order chi connectivity index (χ0) is 13.7. The second kappa shape index (κ2) is 7.11. The molecular weight excluding hydrogens is 346 g/mol. The predicted octanol–water partition coefficient (Wildman–Crippen LogP) is 3.00. The Morgan fingerprint density at radius 1 is 1.21 bits per heavy atom. The van der Waals surface area contributed by atoms with Gasteiger partial charge in [0.2, 0.25) is 10.0 Å². The highest BCUT2D eigenvalue weighted by molar-refractivity contribution is 9.08. The number of sulfonamides is 1. The van der Waals surface area contributed by atoms with Crippen LogP contribution in [-0.2, 0) is 15.4 Å². The maximum absolute atomic E-state index is 12.1. The Morgan fingerprint density at radius 2 is 1.84 bits per heavy atom. The molecule has 0 aromatic heterocycles. The minimum Gasteiger partial charge on any atom is -0.211 e. The summed E-state index contributed by atoms with van der Waals surface area (Å²) >= 11 is 5.30. The molecule has 0 spiro atoms. The SMILES string of the molecule is O=S(=O)(NCC1CCSCC1)c1ccc(CBr)cc1. The van der Waals surface area contributed by atoms with Gasteiger partial charge in [0.25, 0.3) is 0 Å². The molecule has 0 unspecified atom stereocenters. The molecule has 1 aliphatic rings. The van der Waals surface area contributed by atoms with Crippen LogP contribution >= 0.6 is 27.7 Å². The Balaban J connectivity index is 1.96. The maximum atomic E-state index is 12.1. The van der Waals surface area contributed by atoms with E-state index in [-0.39, 0.29) is 0 Å². The number of benzene rings is 1. The average molecular weight is 364 g/mol. The predicted molar refractivity (Wildman–Crippen MR) is 84.3 cm³/mol. The third kappa shape index (κ3) is 4.48. The Bertz CT molecular complexity index is 496. The number of halogens is 1. The first-order valence-corrected chi connectivity index (χ1v) is 10.1. The van der Waals surface area contributed by atoms with Crippen LogP contribution in [0.15, 0.2) is 29.2 Å². The van der Waals surface area contributed by atoms with Gasteiger partial charge in [-0.2, -0.15) is 11.8 Å². The molecule has 1 aliphatic heterocycles. The molecule has 0 bridgehead atoms. The van der Waals surface area contributed by atoms with Crippen molar-refractivity contribution in [2.24, 2.45) is 5.92 Å². The van der Waals surface area contributed by atoms with E-state index >= 15 is 0 Å². The van der Waals surface area contributed by atoms with Gasteiger partial charge in [-0.1, -0.05) is 28.1 Å². The second-order valence-corrected chi connectivity index (χ2v) is 8.24. The Morgan fingerprint density at radius 3 is 2.42 bits per heavy atom. The Labute approximate surface area is 127 Å². The summed E-state index contributed by atoms with van der Waals surface area (Å²) in [7, 11) is -3.36. The third-order valence-electron chi connectivity index (χ3n) is 3.29. The van der Waals surface area contributed by atoms with Crippen molar-refractivity contribution in [3.63, 3.8) is 0 Å². The van der Waals surface area contributed by atoms with Gasteiger partial charge in [0.05, 0.1) is 4.90 Å². The fourth-order valence-corrected chi connectivity index (χ4v) is 4.71. The Kier molecular flexibility index (Phi) is 5.74. The number of hydrogen-bond acceptors (Lipinski definition) is 3. The van der Waals surface area contributed by atoms with Gasteiger partial charge in [0.15, 0.2) is 0 Å². The van der Waals surface area contributed by atoms with Gasteiger partial charge in [-0.15, -0.1) is 0 Å². The van der Waals surface area contributed by atoms with Crippen molar-refractivity contribution in [1.29, 1.82) is 0 Å². The summed E-state index contributed by atoms with van der Waals surface area (Å²) in [6, 6.07) is 6.99. The number of alkyl halides is 1. The van der Waals surface area contributed by atoms with E-state index in [0.717, 1.165) is 35.2 Å². The van der Waals surface area contributed by atoms with Gasteiger partial charge in [-0.25, -0.2) is 13.1 Å². The minimum absolute atomic E-state index is 0.349. The van der Waals surface area contributed by atoms with E-state index in [1.54, 1.807) is 12.1 Å². The monoisotopic (exact) mass is 363 g/mol. The van der Waals surface area contributed by atoms with Crippen LogP contribution in [0.25, 0.3) is 0 Å². The fraction of sp³-hybridized carbons (Fsp3) is 0.538. The number of thioether (sulfide) groups is 1. The smallest absolute Gasteiger partial charge is 0.211 e. The van der Waals surface area contributed by atoms with Crippen molar-refractivity contribution in [2.75, 3.05) is 18.1 Å². The molecule has 3 nitrogen and oxygen atoms in total. The van der Waals surface area contributed by atoms with Crippen molar-refractivity contribution in [1.82, 2.24) is 4.72 Å². The van der Waals surface area contributed by atoms with Crippen molar-refractivity contribution in [3.05, 3.63) is 29.8 Å². The average Bonchev–Trinajstić information content (AvgIpc) is 2.46. The minimum atomic E-state index is -3.36. The van der Waals surface area contributed by atoms with E-state index in [0.29, 0.717) is 17.4 Å². The fourth-order valence-electron chi connectivity index (χ4n) is 2.02. The molecule has 0 saturated carbocycles. The second-order valence-electron chi connectivity index (χ2n) is 4.69. The van der Waals surface area contributed by atoms with Crippen LogP contribution in [0.2, 0.25) is 0 Å². The van der Waals surface area contributed by atoms with Gasteiger partial charge in [0.1, 0.15) is 0 Å². The lowest BCUT2D eigenvalue weighted by Gasteiger charge is -2.21. The molecule has 0 amide bonds. The molecule has 2 rings (SSSR count). The molecule has 1 N–H and O–H groups in total. The highest BCUT2D eigenvalue weighted by Gasteiger charge is 2.18. The largest absolute Gasteiger partial charge is 0.240 e. The summed E-state index contributed by atoms with van der Waals surface area (Å²) in [6.07, 6.45) is 2.21. The van der Waals surface area contributed by atoms with Crippen LogP contribution in [-0.4, -0.2) is 26.5 Å². The first kappa shape index (κ1) is 15.4. The topological polar surface area (TPSA) is 46.2 Å². The standard InChI is InChI=1S/C13H18BrNO2S2/c14-9-11-1-3-13(4-2-11)19(16,17)15-10-12-5-7-18-8-6-12/h1-4,12,15H,5-10H2. The summed E-state index contributed by atoms with van der Waals surface area (Å²) < 4.78 is 27.0. The lowest BCUT2D eigenvalue weighted by Crippen LogP contribution is -2.31. The molecule has 1 fully saturated rings. The zero-order valence-corrected chi connectivity index (χ0v) is 13.9. The molecule has 0 atom stereocenters. The lowest BCUT2D eigenvalue weighted by atomic mass is 10.0. The van der Waals surface area contributed by atoms with Crippen molar-refractivity contribution in [2.45, 2.75) is 23.1 Å². The summed E-state index contributed by atoms with van der Waals surface area (Å²) in [5.41, 5.74) is 1.07. The van der Waals surface area contributed by atoms with E-state index in [9.17, 15) is 8.42 Å². The lowest BCUT2D eigenvalue weighted by molar-refractivity contribution is 0.476. The molecule has 0 radical (unpaired) electrons. The molecule has 106 valence electrons. The normalized spacial score (nSPS) is 17.5. The molecule has 1 aromatic carbocycles. The summed E-state index contributed by atoms with van der Waals surface area (Å²) in [5, 5.41) is 0.737. The first-order chi connectivity index (χ1) is 9.12. The summed E-state index contributed by atoms with van der Waals surface area (Å²) in [4.78, 5) is 0.349. The quantitative estimate of drug-likeness (QED) is 0.817. The molecule has 1 saturated heterocycles. The van der Waals surface area contributed by atoms with Crippen LogP contribution in [0.3, 0.4) is 0 Å². The summed E-state index contributed by atoms with van der Waals surface area (Å²) in [6.45, 7) is 0.559. The number of nitrogens with one attached hydrogen (secondary N) is 1. The van der Waals surface area contributed by atoms with Gasteiger partial charge < -0.3 is 0 Å². The van der Waals surface area contributed by atoms with Crippen molar-refractivity contribution in [3.8, 4) is 0 Å². The van der Waals surface area contributed by atoms with E-state index in [2.05, 4.69) is 20.7 Å². The van der Waals surface area contributed by atoms with Crippen molar-refractivity contribution >= 4 is 37.7 Å². The van der Waals surface area contributed by atoms with Gasteiger partial charge in [-0.05, 0) is 48.0 Å². The van der Waals surface area contributed by atoms with Crippen LogP contribution in [0, 0.1) is 5.92 Å². The van der Waals surface area contributed by atoms with E-state index in [4.69, 9.17) is 0 Å². The molecule has 1 aromatic rings. The molecular formula is C13H18BrNO2S2. The van der Waals surface area contributed by atoms with E-state index < -0.39 is 10.0 Å². The van der Waals surface area contributed by atoms with Gasteiger partial charge >= 0.3 is 0 Å². The third-order valence-corrected chi connectivity index (χ3v) is 6.43. The van der Waals surface area contributed by atoms with Crippen LogP contribution in [0.1, 0.15) is 18.4 Å². The molecule has 0 aliphatic carbocycles. The summed E-state index contributed by atoms with van der Waals surface area (Å²) in [5.74, 6) is 2.77. The van der Waals surface area contributed by atoms with Gasteiger partial charge in [-0.3, -0.25) is 0 Å². The number of rotatable bonds is 5. The van der Waals surface area contributed by atoms with E-state index in [1.807, 2.05) is 23.9 Å². The van der Waals surface area contributed by atoms with Crippen molar-refractivity contribution < 1.29 is 8.42 Å². The van der Waals surface area contributed by atoms with Crippen LogP contribution < -0.4 is 4.72 Å². The highest BCUT2D eigenvalue weighted by atomic mass is 79.9. The zero-order valence-electron chi connectivity index (χ0n) is 10.6. The van der Waals surface area contributed by atoms with Crippen LogP contribution in [0.4, 0.5) is 0 Å². The first-order valence-electron chi connectivity index (χ1n) is 6.34. The molecule has 19 heavy (non-hydrogen) atoms. The van der Waals surface area contributed by atoms with Crippen LogP contribution in [0.5, 0.6) is 0 Å². The number of hydrogen-bond donors (Lipinski definition) is 1. The Hall–Kier alpha value is -0.0400. The van der Waals surface area contributed by atoms with E-state index in [1.165, 1.54) is 0 Å². The molecule has 6 heteroatoms. The molecule has 1 heterocycles.